The van der Waals surface area contributed by atoms with Crippen molar-refractivity contribution in [3.8, 4) is 0 Å². The molecule has 0 aliphatic rings. The van der Waals surface area contributed by atoms with Gasteiger partial charge in [-0.2, -0.15) is 0 Å². The van der Waals surface area contributed by atoms with Crippen molar-refractivity contribution in [3.63, 3.8) is 0 Å². The summed E-state index contributed by atoms with van der Waals surface area (Å²) in [6.07, 6.45) is 0. The van der Waals surface area contributed by atoms with E-state index in [0.717, 1.165) is 0 Å². The van der Waals surface area contributed by atoms with Gasteiger partial charge in [0.25, 0.3) is 0 Å². The van der Waals surface area contributed by atoms with Crippen molar-refractivity contribution in [2.45, 2.75) is 0 Å². The van der Waals surface area contributed by atoms with Gasteiger partial charge in [-0.15, -0.1) is 0 Å². The molecule has 0 N–H and O–H groups in total. The molecule has 0 saturated carbocycles. The fourth-order valence-electron chi connectivity index (χ4n) is 0. The van der Waals surface area contributed by atoms with Crippen LogP contribution < -0.4 is 0 Å². The van der Waals surface area contributed by atoms with E-state index in [1.54, 1.807) is 0 Å². The Morgan fingerprint density at radius 3 is 1.00 bits per heavy atom. The molecule has 0 aliphatic carbocycles. The normalized spacial score (nSPS) is 0. The molecule has 0 aromatic carbocycles. The van der Waals surface area contributed by atoms with Crippen LogP contribution in [0.15, 0.2) is 0 Å². The van der Waals surface area contributed by atoms with Gasteiger partial charge in [-0.25, -0.2) is 0 Å². The van der Waals surface area contributed by atoms with Crippen molar-refractivity contribution in [1.82, 2.24) is 0 Å². The SMILES string of the molecule is [Al].[Co].[Cu].[Zn]. The Morgan fingerprint density at radius 1 is 1.00 bits per heavy atom. The van der Waals surface area contributed by atoms with Crippen LogP contribution in [0.4, 0.5) is 0 Å². The molecule has 0 aromatic heterocycles. The zero-order chi connectivity index (χ0) is 0. The fraction of sp³-hybridized carbons (Fsp3) is 0. The van der Waals surface area contributed by atoms with Gasteiger partial charge in [0.15, 0.2) is 0 Å². The van der Waals surface area contributed by atoms with E-state index in [2.05, 4.69) is 0 Å². The Hall–Kier alpha value is 2.18. The van der Waals surface area contributed by atoms with Crippen molar-refractivity contribution in [3.05, 3.63) is 0 Å². The van der Waals surface area contributed by atoms with Gasteiger partial charge in [-0.1, -0.05) is 0 Å². The first-order valence-corrected chi connectivity index (χ1v) is 0. The first kappa shape index (κ1) is 34.9. The van der Waals surface area contributed by atoms with Crippen LogP contribution in [0.3, 0.4) is 0 Å². The zero-order valence-electron chi connectivity index (χ0n) is 1.92. The molecule has 0 rings (SSSR count). The van der Waals surface area contributed by atoms with Gasteiger partial charge < -0.3 is 0 Å². The molecule has 0 aromatic rings. The van der Waals surface area contributed by atoms with E-state index in [4.69, 9.17) is 0 Å². The molecule has 0 atom stereocenters. The minimum atomic E-state index is 0. The van der Waals surface area contributed by atoms with Crippen molar-refractivity contribution in [2.24, 2.45) is 0 Å². The first-order valence-electron chi connectivity index (χ1n) is 0. The average molecular weight is 215 g/mol. The Bertz CT molecular complexity index is 8.00. The third-order valence-electron chi connectivity index (χ3n) is 0. The molecule has 0 heterocycles. The summed E-state index contributed by atoms with van der Waals surface area (Å²) in [4.78, 5) is 0. The molecule has 0 bridgehead atoms. The molecule has 0 aliphatic heterocycles. The summed E-state index contributed by atoms with van der Waals surface area (Å²) in [6, 6.07) is 0. The van der Waals surface area contributed by atoms with Crippen molar-refractivity contribution in [2.75, 3.05) is 0 Å². The van der Waals surface area contributed by atoms with Gasteiger partial charge in [0.05, 0.1) is 0 Å². The molecule has 4 heteroatoms. The van der Waals surface area contributed by atoms with Crippen LogP contribution in [0.2, 0.25) is 0 Å². The summed E-state index contributed by atoms with van der Waals surface area (Å²) in [5.41, 5.74) is 0. The molecule has 0 fully saturated rings. The van der Waals surface area contributed by atoms with Crippen molar-refractivity contribution < 1.29 is 53.3 Å². The molecule has 0 nitrogen and oxygen atoms in total. The topological polar surface area (TPSA) is 0 Å². The van der Waals surface area contributed by atoms with Crippen LogP contribution in [-0.2, 0) is 53.3 Å². The molecule has 0 amide bonds. The summed E-state index contributed by atoms with van der Waals surface area (Å²) < 4.78 is 0. The summed E-state index contributed by atoms with van der Waals surface area (Å²) in [5, 5.41) is 0. The first-order chi connectivity index (χ1) is 0. The summed E-state index contributed by atoms with van der Waals surface area (Å²) >= 11 is 0. The van der Waals surface area contributed by atoms with Gasteiger partial charge in [-0.05, 0) is 0 Å². The quantitative estimate of drug-likeness (QED) is 0.482. The molecule has 25 valence electrons. The molecule has 5 radical (unpaired) electrons. The van der Waals surface area contributed by atoms with Crippen LogP contribution >= 0.6 is 0 Å². The molecular weight excluding hydrogens is 215 g/mol. The van der Waals surface area contributed by atoms with Crippen LogP contribution in [0.5, 0.6) is 0 Å². The van der Waals surface area contributed by atoms with Gasteiger partial charge in [-0.3, -0.25) is 0 Å². The molecule has 0 unspecified atom stereocenters. The maximum atomic E-state index is 0. The van der Waals surface area contributed by atoms with Crippen LogP contribution in [0.1, 0.15) is 0 Å². The smallest absolute Gasteiger partial charge is 0 e. The second-order valence-electron chi connectivity index (χ2n) is 0. The van der Waals surface area contributed by atoms with Crippen molar-refractivity contribution in [1.29, 1.82) is 0 Å². The Morgan fingerprint density at radius 2 is 1.00 bits per heavy atom. The third-order valence-corrected chi connectivity index (χ3v) is 0. The van der Waals surface area contributed by atoms with E-state index in [1.165, 1.54) is 0 Å². The number of hydrogen-bond acceptors (Lipinski definition) is 0. The van der Waals surface area contributed by atoms with Gasteiger partial charge >= 0.3 is 0 Å². The second-order valence-corrected chi connectivity index (χ2v) is 0. The molecule has 0 saturated heterocycles. The van der Waals surface area contributed by atoms with Crippen LogP contribution in [0.25, 0.3) is 0 Å². The van der Waals surface area contributed by atoms with Crippen LogP contribution in [-0.4, -0.2) is 17.4 Å². The largest absolute Gasteiger partial charge is 0 e. The van der Waals surface area contributed by atoms with E-state index < -0.39 is 0 Å². The van der Waals surface area contributed by atoms with E-state index in [-0.39, 0.29) is 70.7 Å². The fourth-order valence-corrected chi connectivity index (χ4v) is 0. The molecular formula is AlCoCuZn. The van der Waals surface area contributed by atoms with Crippen LogP contribution in [0, 0.1) is 0 Å². The van der Waals surface area contributed by atoms with Crippen molar-refractivity contribution >= 4 is 17.4 Å². The zero-order valence-corrected chi connectivity index (χ0v) is 8.02. The summed E-state index contributed by atoms with van der Waals surface area (Å²) in [6.45, 7) is 0. The monoisotopic (exact) mass is 213 g/mol. The van der Waals surface area contributed by atoms with E-state index in [1.807, 2.05) is 0 Å². The maximum Gasteiger partial charge on any atom is 0 e. The molecule has 4 heavy (non-hydrogen) atoms. The summed E-state index contributed by atoms with van der Waals surface area (Å²) in [5.74, 6) is 0. The third kappa shape index (κ3) is 8.89. The average Bonchev–Trinajstić information content (AvgIpc) is 0. The van der Waals surface area contributed by atoms with E-state index in [9.17, 15) is 0 Å². The number of hydrogen-bond donors (Lipinski definition) is 0. The minimum Gasteiger partial charge on any atom is 0 e. The van der Waals surface area contributed by atoms with E-state index >= 15 is 0 Å². The minimum absolute atomic E-state index is 0. The Kier molecular flexibility index (Phi) is 166. The van der Waals surface area contributed by atoms with Gasteiger partial charge in [0.2, 0.25) is 0 Å². The van der Waals surface area contributed by atoms with Gasteiger partial charge in [0.1, 0.15) is 0 Å². The second kappa shape index (κ2) is 19.0. The van der Waals surface area contributed by atoms with Gasteiger partial charge in [0, 0.05) is 70.7 Å². The summed E-state index contributed by atoms with van der Waals surface area (Å²) in [7, 11) is 0. The Labute approximate surface area is 70.0 Å². The predicted octanol–water partition coefficient (Wildman–Crippen LogP) is -0.388. The van der Waals surface area contributed by atoms with E-state index in [0.29, 0.717) is 0 Å². The maximum absolute atomic E-state index is 0. The standard InChI is InChI=1S/Al.Co.Cu.Zn. The number of rotatable bonds is 0. The Balaban J connectivity index is 0. The predicted molar refractivity (Wildman–Crippen MR) is 5.75 cm³/mol. The molecule has 0 spiro atoms.